The van der Waals surface area contributed by atoms with Crippen molar-refractivity contribution in [3.05, 3.63) is 63.4 Å². The van der Waals surface area contributed by atoms with E-state index in [9.17, 15) is 14.7 Å². The number of fused-ring (bicyclic) bond motifs is 1. The first kappa shape index (κ1) is 21.5. The highest BCUT2D eigenvalue weighted by molar-refractivity contribution is 5.94. The van der Waals surface area contributed by atoms with E-state index < -0.39 is 5.97 Å². The molecule has 1 aliphatic heterocycles. The van der Waals surface area contributed by atoms with E-state index in [1.165, 1.54) is 32.1 Å². The van der Waals surface area contributed by atoms with Crippen molar-refractivity contribution in [2.24, 2.45) is 12.5 Å². The van der Waals surface area contributed by atoms with Crippen LogP contribution in [-0.4, -0.2) is 33.7 Å². The third-order valence-corrected chi connectivity index (χ3v) is 7.26. The standard InChI is InChI=1S/C26H30N4O3/c1-17-12-18(14-27-21-9-5-4-8-19(21)24(32)33)22-20(13-17)23(31)29(2)25(28-22)30-15-26(16-30)10-6-3-7-11-26/h4-5,8-9,12-13,27H,3,6-7,10-11,14-16H2,1-2H3,(H,32,33). The van der Waals surface area contributed by atoms with Gasteiger partial charge in [-0.2, -0.15) is 0 Å². The summed E-state index contributed by atoms with van der Waals surface area (Å²) in [5.74, 6) is -0.254. The lowest BCUT2D eigenvalue weighted by atomic mass is 9.69. The van der Waals surface area contributed by atoms with Gasteiger partial charge in [-0.05, 0) is 49.1 Å². The van der Waals surface area contributed by atoms with Gasteiger partial charge in [-0.15, -0.1) is 0 Å². The van der Waals surface area contributed by atoms with Crippen LogP contribution in [0, 0.1) is 12.3 Å². The van der Waals surface area contributed by atoms with Gasteiger partial charge in [-0.25, -0.2) is 9.78 Å². The number of rotatable bonds is 5. The number of carboxylic acid groups (broad SMARTS) is 1. The second-order valence-corrected chi connectivity index (χ2v) is 9.72. The second kappa shape index (κ2) is 8.21. The average molecular weight is 447 g/mol. The van der Waals surface area contributed by atoms with Crippen LogP contribution in [0.2, 0.25) is 0 Å². The number of hydrogen-bond acceptors (Lipinski definition) is 5. The van der Waals surface area contributed by atoms with Crippen molar-refractivity contribution in [2.45, 2.75) is 45.6 Å². The summed E-state index contributed by atoms with van der Waals surface area (Å²) in [4.78, 5) is 32.1. The molecule has 2 N–H and O–H groups in total. The van der Waals surface area contributed by atoms with E-state index in [1.807, 2.05) is 19.1 Å². The molecule has 2 aromatic carbocycles. The van der Waals surface area contributed by atoms with Crippen LogP contribution in [0.1, 0.15) is 53.6 Å². The fourth-order valence-electron chi connectivity index (χ4n) is 5.55. The van der Waals surface area contributed by atoms with E-state index in [0.29, 0.717) is 28.6 Å². The molecule has 33 heavy (non-hydrogen) atoms. The number of anilines is 2. The third kappa shape index (κ3) is 3.86. The molecule has 2 fully saturated rings. The molecular weight excluding hydrogens is 416 g/mol. The smallest absolute Gasteiger partial charge is 0.337 e. The lowest BCUT2D eigenvalue weighted by Crippen LogP contribution is -2.58. The molecule has 0 unspecified atom stereocenters. The number of nitrogens with zero attached hydrogens (tertiary/aromatic N) is 3. The van der Waals surface area contributed by atoms with Crippen molar-refractivity contribution in [1.29, 1.82) is 0 Å². The van der Waals surface area contributed by atoms with Crippen LogP contribution in [0.4, 0.5) is 11.6 Å². The number of aryl methyl sites for hydroxylation is 1. The van der Waals surface area contributed by atoms with E-state index in [1.54, 1.807) is 35.9 Å². The van der Waals surface area contributed by atoms with Crippen molar-refractivity contribution in [3.63, 3.8) is 0 Å². The van der Waals surface area contributed by atoms with E-state index in [4.69, 9.17) is 4.98 Å². The highest BCUT2D eigenvalue weighted by Gasteiger charge is 2.44. The Morgan fingerprint density at radius 2 is 1.88 bits per heavy atom. The molecule has 3 aromatic rings. The van der Waals surface area contributed by atoms with Crippen LogP contribution < -0.4 is 15.8 Å². The Bertz CT molecular complexity index is 1280. The Balaban J connectivity index is 1.49. The van der Waals surface area contributed by atoms with Gasteiger partial charge in [0.2, 0.25) is 5.95 Å². The van der Waals surface area contributed by atoms with Crippen LogP contribution in [-0.2, 0) is 13.6 Å². The largest absolute Gasteiger partial charge is 0.478 e. The molecule has 1 saturated heterocycles. The van der Waals surface area contributed by atoms with Crippen LogP contribution in [0.15, 0.2) is 41.2 Å². The van der Waals surface area contributed by atoms with Crippen LogP contribution in [0.3, 0.4) is 0 Å². The molecule has 1 spiro atoms. The van der Waals surface area contributed by atoms with E-state index >= 15 is 0 Å². The zero-order chi connectivity index (χ0) is 23.2. The maximum atomic E-state index is 13.3. The molecule has 2 heterocycles. The number of aromatic nitrogens is 2. The highest BCUT2D eigenvalue weighted by atomic mass is 16.4. The van der Waals surface area contributed by atoms with Crippen LogP contribution in [0.25, 0.3) is 10.9 Å². The van der Waals surface area contributed by atoms with Gasteiger partial charge in [0.05, 0.1) is 16.5 Å². The van der Waals surface area contributed by atoms with Gasteiger partial charge in [0.1, 0.15) is 0 Å². The van der Waals surface area contributed by atoms with Gasteiger partial charge in [0.25, 0.3) is 5.56 Å². The zero-order valence-electron chi connectivity index (χ0n) is 19.2. The summed E-state index contributed by atoms with van der Waals surface area (Å²) in [6.45, 7) is 4.27. The SMILES string of the molecule is Cc1cc(CNc2ccccc2C(=O)O)c2nc(N3CC4(CCCCC4)C3)n(C)c(=O)c2c1. The molecule has 5 rings (SSSR count). The number of hydrogen-bond donors (Lipinski definition) is 2. The average Bonchev–Trinajstić information content (AvgIpc) is 2.79. The minimum Gasteiger partial charge on any atom is -0.478 e. The molecular formula is C26H30N4O3. The fourth-order valence-corrected chi connectivity index (χ4v) is 5.55. The van der Waals surface area contributed by atoms with Gasteiger partial charge in [-0.1, -0.05) is 37.5 Å². The second-order valence-electron chi connectivity index (χ2n) is 9.72. The van der Waals surface area contributed by atoms with E-state index in [0.717, 1.165) is 30.2 Å². The Hall–Kier alpha value is -3.35. The molecule has 172 valence electrons. The Kier molecular flexibility index (Phi) is 5.35. The zero-order valence-corrected chi connectivity index (χ0v) is 19.2. The Labute approximate surface area is 193 Å². The lowest BCUT2D eigenvalue weighted by Gasteiger charge is -2.53. The summed E-state index contributed by atoms with van der Waals surface area (Å²) in [6.07, 6.45) is 6.45. The summed E-state index contributed by atoms with van der Waals surface area (Å²) < 4.78 is 1.67. The molecule has 1 aromatic heterocycles. The number of para-hydroxylation sites is 1. The molecule has 0 atom stereocenters. The van der Waals surface area contributed by atoms with Crippen molar-refractivity contribution < 1.29 is 9.90 Å². The molecule has 0 bridgehead atoms. The quantitative estimate of drug-likeness (QED) is 0.607. The molecule has 0 amide bonds. The topological polar surface area (TPSA) is 87.5 Å². The van der Waals surface area contributed by atoms with Crippen LogP contribution in [0.5, 0.6) is 0 Å². The van der Waals surface area contributed by atoms with Crippen molar-refractivity contribution >= 4 is 28.5 Å². The van der Waals surface area contributed by atoms with Gasteiger partial charge < -0.3 is 15.3 Å². The van der Waals surface area contributed by atoms with E-state index in [2.05, 4.69) is 10.2 Å². The minimum absolute atomic E-state index is 0.0459. The van der Waals surface area contributed by atoms with Crippen molar-refractivity contribution in [1.82, 2.24) is 9.55 Å². The first-order valence-corrected chi connectivity index (χ1v) is 11.7. The van der Waals surface area contributed by atoms with Crippen molar-refractivity contribution in [2.75, 3.05) is 23.3 Å². The summed E-state index contributed by atoms with van der Waals surface area (Å²) in [7, 11) is 1.80. The molecule has 0 radical (unpaired) electrons. The molecule has 7 nitrogen and oxygen atoms in total. The highest BCUT2D eigenvalue weighted by Crippen LogP contribution is 2.45. The summed E-state index contributed by atoms with van der Waals surface area (Å²) in [5, 5.41) is 13.3. The van der Waals surface area contributed by atoms with Crippen LogP contribution >= 0.6 is 0 Å². The fraction of sp³-hybridized carbons (Fsp3) is 0.423. The minimum atomic E-state index is -0.976. The molecule has 2 aliphatic rings. The Morgan fingerprint density at radius 3 is 2.61 bits per heavy atom. The van der Waals surface area contributed by atoms with Gasteiger partial charge in [-0.3, -0.25) is 9.36 Å². The van der Waals surface area contributed by atoms with Crippen molar-refractivity contribution in [3.8, 4) is 0 Å². The number of carboxylic acids is 1. The third-order valence-electron chi connectivity index (χ3n) is 7.26. The first-order chi connectivity index (χ1) is 15.9. The number of nitrogens with one attached hydrogen (secondary N) is 1. The normalized spacial score (nSPS) is 17.2. The number of benzene rings is 2. The summed E-state index contributed by atoms with van der Waals surface area (Å²) >= 11 is 0. The van der Waals surface area contributed by atoms with Gasteiger partial charge in [0, 0.05) is 37.8 Å². The lowest BCUT2D eigenvalue weighted by molar-refractivity contribution is 0.0698. The monoisotopic (exact) mass is 446 g/mol. The number of aromatic carboxylic acids is 1. The maximum Gasteiger partial charge on any atom is 0.337 e. The predicted molar refractivity (Wildman–Crippen MR) is 130 cm³/mol. The summed E-state index contributed by atoms with van der Waals surface area (Å²) in [6, 6.07) is 10.8. The van der Waals surface area contributed by atoms with E-state index in [-0.39, 0.29) is 11.1 Å². The van der Waals surface area contributed by atoms with Gasteiger partial charge in [0.15, 0.2) is 0 Å². The molecule has 1 aliphatic carbocycles. The first-order valence-electron chi connectivity index (χ1n) is 11.7. The Morgan fingerprint density at radius 1 is 1.15 bits per heavy atom. The molecule has 7 heteroatoms. The maximum absolute atomic E-state index is 13.3. The summed E-state index contributed by atoms with van der Waals surface area (Å²) in [5.41, 5.74) is 3.66. The molecule has 1 saturated carbocycles. The predicted octanol–water partition coefficient (Wildman–Crippen LogP) is 4.32. The van der Waals surface area contributed by atoms with Gasteiger partial charge >= 0.3 is 5.97 Å². The number of carbonyl (C=O) groups is 1.